The molecule has 3 N–H and O–H groups in total. The first-order valence-corrected chi connectivity index (χ1v) is 12.0. The minimum absolute atomic E-state index is 0.279. The molecule has 0 radical (unpaired) electrons. The third-order valence-corrected chi connectivity index (χ3v) is 6.51. The van der Waals surface area contributed by atoms with Crippen molar-refractivity contribution in [3.8, 4) is 22.6 Å². The second kappa shape index (κ2) is 10.4. The van der Waals surface area contributed by atoms with Crippen LogP contribution in [0.3, 0.4) is 0 Å². The number of likely N-dealkylation sites (N-methyl/N-ethyl adjacent to an activating group) is 1. The van der Waals surface area contributed by atoms with Gasteiger partial charge in [-0.3, -0.25) is 0 Å². The Morgan fingerprint density at radius 3 is 2.50 bits per heavy atom. The first kappa shape index (κ1) is 23.9. The molecular weight excluding hydrogens is 447 g/mol. The largest absolute Gasteiger partial charge is 0.340 e. The van der Waals surface area contributed by atoms with Gasteiger partial charge in [0.2, 0.25) is 0 Å². The standard InChI is InChI=1S/C26H29FN6S/c1-16-24(23-17(2)32-34-18(23)3)30-26(31-25(16)29-22-10-8-21(27)9-11-22)20-7-5-6-19(14-20)15-33(4)13-12-28/h5-11,14H,12-13,15,28H2,1-4H3,(H,29,30,31). The van der Waals surface area contributed by atoms with Crippen molar-refractivity contribution in [2.45, 2.75) is 27.3 Å². The molecule has 2 aromatic heterocycles. The maximum absolute atomic E-state index is 13.4. The lowest BCUT2D eigenvalue weighted by Crippen LogP contribution is -2.24. The van der Waals surface area contributed by atoms with Gasteiger partial charge >= 0.3 is 0 Å². The fourth-order valence-electron chi connectivity index (χ4n) is 3.92. The molecule has 0 saturated carbocycles. The Balaban J connectivity index is 1.81. The highest BCUT2D eigenvalue weighted by Crippen LogP contribution is 2.35. The van der Waals surface area contributed by atoms with Gasteiger partial charge in [-0.1, -0.05) is 18.2 Å². The van der Waals surface area contributed by atoms with Gasteiger partial charge in [0.1, 0.15) is 11.6 Å². The number of nitrogens with one attached hydrogen (secondary N) is 1. The molecule has 6 nitrogen and oxygen atoms in total. The fourth-order valence-corrected chi connectivity index (χ4v) is 4.62. The molecule has 0 unspecified atom stereocenters. The molecule has 0 spiro atoms. The average molecular weight is 477 g/mol. The molecule has 34 heavy (non-hydrogen) atoms. The van der Waals surface area contributed by atoms with E-state index in [1.54, 1.807) is 12.1 Å². The molecular formula is C26H29FN6S. The maximum Gasteiger partial charge on any atom is 0.162 e. The quantitative estimate of drug-likeness (QED) is 0.351. The Morgan fingerprint density at radius 1 is 1.06 bits per heavy atom. The normalized spacial score (nSPS) is 11.3. The summed E-state index contributed by atoms with van der Waals surface area (Å²) in [6.45, 7) is 8.29. The van der Waals surface area contributed by atoms with Crippen molar-refractivity contribution in [2.24, 2.45) is 5.73 Å². The molecule has 0 aliphatic rings. The number of hydrogen-bond donors (Lipinski definition) is 2. The van der Waals surface area contributed by atoms with Gasteiger partial charge in [0.05, 0.1) is 11.4 Å². The van der Waals surface area contributed by atoms with E-state index in [0.29, 0.717) is 18.2 Å². The number of rotatable bonds is 8. The fraction of sp³-hybridized carbons (Fsp3) is 0.269. The second-order valence-corrected chi connectivity index (χ2v) is 9.40. The molecule has 176 valence electrons. The van der Waals surface area contributed by atoms with E-state index in [2.05, 4.69) is 40.7 Å². The van der Waals surface area contributed by atoms with E-state index in [0.717, 1.165) is 57.3 Å². The molecule has 4 rings (SSSR count). The minimum Gasteiger partial charge on any atom is -0.340 e. The van der Waals surface area contributed by atoms with Crippen LogP contribution in [0.4, 0.5) is 15.9 Å². The molecule has 0 amide bonds. The lowest BCUT2D eigenvalue weighted by atomic mass is 10.0. The SMILES string of the molecule is Cc1nsc(C)c1-c1nc(-c2cccc(CN(C)CCN)c2)nc(Nc2ccc(F)cc2)c1C. The molecule has 0 aliphatic heterocycles. The molecule has 0 saturated heterocycles. The zero-order valence-electron chi connectivity index (χ0n) is 19.9. The van der Waals surface area contributed by atoms with Crippen LogP contribution in [0.2, 0.25) is 0 Å². The van der Waals surface area contributed by atoms with Crippen LogP contribution < -0.4 is 11.1 Å². The van der Waals surface area contributed by atoms with Gasteiger partial charge in [-0.05, 0) is 75.2 Å². The smallest absolute Gasteiger partial charge is 0.162 e. The van der Waals surface area contributed by atoms with Crippen LogP contribution in [-0.2, 0) is 6.54 Å². The summed E-state index contributed by atoms with van der Waals surface area (Å²) in [5.41, 5.74) is 12.3. The molecule has 0 bridgehead atoms. The van der Waals surface area contributed by atoms with E-state index in [1.807, 2.05) is 26.0 Å². The van der Waals surface area contributed by atoms with E-state index in [-0.39, 0.29) is 5.82 Å². The maximum atomic E-state index is 13.4. The Kier molecular flexibility index (Phi) is 7.31. The van der Waals surface area contributed by atoms with E-state index < -0.39 is 0 Å². The van der Waals surface area contributed by atoms with Crippen molar-refractivity contribution < 1.29 is 4.39 Å². The predicted molar refractivity (Wildman–Crippen MR) is 138 cm³/mol. The highest BCUT2D eigenvalue weighted by Gasteiger charge is 2.19. The Labute approximate surface area is 203 Å². The van der Waals surface area contributed by atoms with E-state index >= 15 is 0 Å². The lowest BCUT2D eigenvalue weighted by molar-refractivity contribution is 0.336. The van der Waals surface area contributed by atoms with Gasteiger partial charge in [0, 0.05) is 46.9 Å². The molecule has 0 aliphatic carbocycles. The summed E-state index contributed by atoms with van der Waals surface area (Å²) in [5.74, 6) is 1.03. The molecule has 2 heterocycles. The molecule has 8 heteroatoms. The second-order valence-electron chi connectivity index (χ2n) is 8.43. The third-order valence-electron chi connectivity index (χ3n) is 5.67. The van der Waals surface area contributed by atoms with Crippen molar-refractivity contribution in [3.63, 3.8) is 0 Å². The topological polar surface area (TPSA) is 80.0 Å². The predicted octanol–water partition coefficient (Wildman–Crippen LogP) is 5.47. The van der Waals surface area contributed by atoms with Crippen molar-refractivity contribution >= 4 is 23.0 Å². The van der Waals surface area contributed by atoms with Gasteiger partial charge in [-0.25, -0.2) is 14.4 Å². The molecule has 0 fully saturated rings. The average Bonchev–Trinajstić information content (AvgIpc) is 3.15. The number of aryl methyl sites for hydroxylation is 2. The Hall–Kier alpha value is -3.20. The van der Waals surface area contributed by atoms with Crippen LogP contribution in [0.5, 0.6) is 0 Å². The Bertz CT molecular complexity index is 1270. The summed E-state index contributed by atoms with van der Waals surface area (Å²) in [4.78, 5) is 13.2. The van der Waals surface area contributed by atoms with E-state index in [1.165, 1.54) is 23.7 Å². The number of hydrogen-bond acceptors (Lipinski definition) is 7. The van der Waals surface area contributed by atoms with E-state index in [9.17, 15) is 4.39 Å². The van der Waals surface area contributed by atoms with Gasteiger partial charge in [-0.15, -0.1) is 0 Å². The lowest BCUT2D eigenvalue weighted by Gasteiger charge is -2.17. The van der Waals surface area contributed by atoms with E-state index in [4.69, 9.17) is 15.7 Å². The highest BCUT2D eigenvalue weighted by atomic mass is 32.1. The van der Waals surface area contributed by atoms with Crippen molar-refractivity contribution in [3.05, 3.63) is 76.0 Å². The summed E-state index contributed by atoms with van der Waals surface area (Å²) in [7, 11) is 2.06. The summed E-state index contributed by atoms with van der Waals surface area (Å²) < 4.78 is 18.0. The van der Waals surface area contributed by atoms with Crippen LogP contribution in [0.15, 0.2) is 48.5 Å². The van der Waals surface area contributed by atoms with Crippen LogP contribution in [0, 0.1) is 26.6 Å². The number of nitrogens with two attached hydrogens (primary N) is 1. The van der Waals surface area contributed by atoms with Crippen LogP contribution in [-0.4, -0.2) is 39.4 Å². The first-order chi connectivity index (χ1) is 16.4. The third kappa shape index (κ3) is 5.30. The number of anilines is 2. The summed E-state index contributed by atoms with van der Waals surface area (Å²) in [6, 6.07) is 14.5. The minimum atomic E-state index is -0.279. The van der Waals surface area contributed by atoms with Crippen molar-refractivity contribution in [1.29, 1.82) is 0 Å². The monoisotopic (exact) mass is 476 g/mol. The van der Waals surface area contributed by atoms with Gasteiger partial charge in [-0.2, -0.15) is 4.37 Å². The summed E-state index contributed by atoms with van der Waals surface area (Å²) in [6.07, 6.45) is 0. The van der Waals surface area contributed by atoms with Crippen LogP contribution in [0.25, 0.3) is 22.6 Å². The first-order valence-electron chi connectivity index (χ1n) is 11.2. The van der Waals surface area contributed by atoms with Crippen molar-refractivity contribution in [1.82, 2.24) is 19.2 Å². The number of aromatic nitrogens is 3. The molecule has 2 aromatic carbocycles. The number of benzene rings is 2. The van der Waals surface area contributed by atoms with Crippen LogP contribution >= 0.6 is 11.5 Å². The molecule has 0 atom stereocenters. The highest BCUT2D eigenvalue weighted by molar-refractivity contribution is 7.06. The summed E-state index contributed by atoms with van der Waals surface area (Å²) >= 11 is 1.47. The number of nitrogens with zero attached hydrogens (tertiary/aromatic N) is 4. The number of halogens is 1. The Morgan fingerprint density at radius 2 is 1.82 bits per heavy atom. The van der Waals surface area contributed by atoms with Crippen LogP contribution in [0.1, 0.15) is 21.7 Å². The van der Waals surface area contributed by atoms with Gasteiger partial charge < -0.3 is 16.0 Å². The van der Waals surface area contributed by atoms with Crippen molar-refractivity contribution in [2.75, 3.05) is 25.5 Å². The van der Waals surface area contributed by atoms with Gasteiger partial charge in [0.25, 0.3) is 0 Å². The molecule has 4 aromatic rings. The van der Waals surface area contributed by atoms with Gasteiger partial charge in [0.15, 0.2) is 5.82 Å². The summed E-state index contributed by atoms with van der Waals surface area (Å²) in [5, 5.41) is 3.36. The zero-order valence-corrected chi connectivity index (χ0v) is 20.7. The zero-order chi connectivity index (χ0) is 24.2.